The number of piperidine rings is 1. The highest BCUT2D eigenvalue weighted by Crippen LogP contribution is 2.30. The van der Waals surface area contributed by atoms with Crippen molar-refractivity contribution in [3.63, 3.8) is 0 Å². The Morgan fingerprint density at radius 2 is 1.90 bits per heavy atom. The van der Waals surface area contributed by atoms with E-state index < -0.39 is 23.6 Å². The van der Waals surface area contributed by atoms with Gasteiger partial charge in [-0.05, 0) is 55.4 Å². The molecule has 0 bridgehead atoms. The fourth-order valence-corrected chi connectivity index (χ4v) is 3.82. The fourth-order valence-electron chi connectivity index (χ4n) is 3.19. The second kappa shape index (κ2) is 9.41. The van der Waals surface area contributed by atoms with Crippen LogP contribution in [-0.4, -0.2) is 51.8 Å². The number of amides is 3. The van der Waals surface area contributed by atoms with Crippen LogP contribution in [0.1, 0.15) is 33.8 Å². The van der Waals surface area contributed by atoms with Crippen molar-refractivity contribution >= 4 is 34.9 Å². The fraction of sp³-hybridized carbons (Fsp3) is 0.421. The summed E-state index contributed by atoms with van der Waals surface area (Å²) < 4.78 is 42.0. The number of likely N-dealkylation sites (tertiary alicyclic amines) is 1. The number of nitrogens with one attached hydrogen (secondary N) is 2. The number of carbonyl (C=O) groups is 3. The van der Waals surface area contributed by atoms with Crippen molar-refractivity contribution in [3.8, 4) is 0 Å². The predicted octanol–water partition coefficient (Wildman–Crippen LogP) is 2.47. The van der Waals surface area contributed by atoms with E-state index in [1.807, 2.05) is 0 Å². The molecule has 3 rings (SSSR count). The van der Waals surface area contributed by atoms with Crippen LogP contribution in [0.5, 0.6) is 0 Å². The molecule has 0 aliphatic carbocycles. The van der Waals surface area contributed by atoms with Gasteiger partial charge in [0, 0.05) is 25.3 Å². The second-order valence-corrected chi connectivity index (χ2v) is 7.92. The van der Waals surface area contributed by atoms with Crippen LogP contribution >= 0.6 is 11.5 Å². The Hall–Kier alpha value is -3.02. The topological polar surface area (TPSA) is 104 Å². The van der Waals surface area contributed by atoms with Crippen LogP contribution in [0.3, 0.4) is 0 Å². The van der Waals surface area contributed by atoms with E-state index in [2.05, 4.69) is 20.2 Å². The maximum atomic E-state index is 12.7. The minimum Gasteiger partial charge on any atom is -0.348 e. The zero-order chi connectivity index (χ0) is 22.6. The third-order valence-electron chi connectivity index (χ3n) is 4.95. The lowest BCUT2D eigenvalue weighted by molar-refractivity contribution is -0.137. The molecule has 2 aromatic rings. The van der Waals surface area contributed by atoms with Crippen molar-refractivity contribution in [2.24, 2.45) is 5.92 Å². The average Bonchev–Trinajstić information content (AvgIpc) is 3.17. The summed E-state index contributed by atoms with van der Waals surface area (Å²) in [7, 11) is 0. The van der Waals surface area contributed by atoms with E-state index >= 15 is 0 Å². The SMILES string of the molecule is Cc1nnsc1C(=O)N1CCC(CNC(=O)C(=O)Nc2cccc(C(F)(F)F)c2)CC1. The van der Waals surface area contributed by atoms with Crippen LogP contribution in [0, 0.1) is 12.8 Å². The summed E-state index contributed by atoms with van der Waals surface area (Å²) >= 11 is 1.06. The van der Waals surface area contributed by atoms with Gasteiger partial charge in [-0.2, -0.15) is 13.2 Å². The number of hydrogen-bond donors (Lipinski definition) is 2. The first-order chi connectivity index (χ1) is 14.6. The molecule has 31 heavy (non-hydrogen) atoms. The quantitative estimate of drug-likeness (QED) is 0.690. The van der Waals surface area contributed by atoms with Gasteiger partial charge in [-0.15, -0.1) is 5.10 Å². The first-order valence-electron chi connectivity index (χ1n) is 9.50. The van der Waals surface area contributed by atoms with Gasteiger partial charge in [-0.25, -0.2) is 0 Å². The maximum absolute atomic E-state index is 12.7. The summed E-state index contributed by atoms with van der Waals surface area (Å²) in [6.07, 6.45) is -3.26. The number of carbonyl (C=O) groups excluding carboxylic acids is 3. The van der Waals surface area contributed by atoms with Crippen molar-refractivity contribution in [2.75, 3.05) is 25.0 Å². The summed E-state index contributed by atoms with van der Waals surface area (Å²) in [5.74, 6) is -2.01. The minimum absolute atomic E-state index is 0.0787. The lowest BCUT2D eigenvalue weighted by atomic mass is 9.96. The number of aromatic nitrogens is 2. The highest BCUT2D eigenvalue weighted by Gasteiger charge is 2.31. The smallest absolute Gasteiger partial charge is 0.348 e. The molecule has 0 radical (unpaired) electrons. The van der Waals surface area contributed by atoms with E-state index in [4.69, 9.17) is 0 Å². The van der Waals surface area contributed by atoms with Crippen LogP contribution in [0.15, 0.2) is 24.3 Å². The molecule has 0 atom stereocenters. The molecule has 1 aromatic heterocycles. The lowest BCUT2D eigenvalue weighted by Crippen LogP contribution is -2.43. The molecule has 166 valence electrons. The molecular weight excluding hydrogens is 435 g/mol. The first kappa shape index (κ1) is 22.7. The summed E-state index contributed by atoms with van der Waals surface area (Å²) in [5, 5.41) is 8.51. The molecule has 0 saturated carbocycles. The maximum Gasteiger partial charge on any atom is 0.416 e. The summed E-state index contributed by atoms with van der Waals surface area (Å²) in [6.45, 7) is 2.97. The summed E-state index contributed by atoms with van der Waals surface area (Å²) in [6, 6.07) is 4.06. The first-order valence-corrected chi connectivity index (χ1v) is 10.3. The molecule has 2 N–H and O–H groups in total. The Morgan fingerprint density at radius 1 is 1.19 bits per heavy atom. The zero-order valence-electron chi connectivity index (χ0n) is 16.5. The van der Waals surface area contributed by atoms with E-state index in [-0.39, 0.29) is 24.1 Å². The van der Waals surface area contributed by atoms with Gasteiger partial charge in [0.2, 0.25) is 0 Å². The molecule has 1 aliphatic heterocycles. The standard InChI is InChI=1S/C19H20F3N5O3S/c1-11-15(31-26-25-11)18(30)27-7-5-12(6-8-27)10-23-16(28)17(29)24-14-4-2-3-13(9-14)19(20,21)22/h2-4,9,12H,5-8,10H2,1H3,(H,23,28)(H,24,29). The molecule has 8 nitrogen and oxygen atoms in total. The van der Waals surface area contributed by atoms with Crippen LogP contribution in [0.25, 0.3) is 0 Å². The van der Waals surface area contributed by atoms with Crippen molar-refractivity contribution in [2.45, 2.75) is 25.9 Å². The highest BCUT2D eigenvalue weighted by molar-refractivity contribution is 7.07. The van der Waals surface area contributed by atoms with Gasteiger partial charge in [0.15, 0.2) is 0 Å². The van der Waals surface area contributed by atoms with Crippen molar-refractivity contribution in [3.05, 3.63) is 40.4 Å². The van der Waals surface area contributed by atoms with Crippen LogP contribution in [-0.2, 0) is 15.8 Å². The molecule has 1 aliphatic rings. The van der Waals surface area contributed by atoms with Crippen LogP contribution in [0.2, 0.25) is 0 Å². The summed E-state index contributed by atoms with van der Waals surface area (Å²) in [5.41, 5.74) is -0.442. The number of nitrogens with zero attached hydrogens (tertiary/aromatic N) is 3. The largest absolute Gasteiger partial charge is 0.416 e. The van der Waals surface area contributed by atoms with E-state index in [1.165, 1.54) is 6.07 Å². The number of benzene rings is 1. The average molecular weight is 455 g/mol. The third-order valence-corrected chi connectivity index (χ3v) is 5.77. The van der Waals surface area contributed by atoms with Crippen molar-refractivity contribution in [1.29, 1.82) is 0 Å². The Labute approximate surface area is 180 Å². The third kappa shape index (κ3) is 5.78. The number of aryl methyl sites for hydroxylation is 1. The zero-order valence-corrected chi connectivity index (χ0v) is 17.3. The Morgan fingerprint density at radius 3 is 2.52 bits per heavy atom. The van der Waals surface area contributed by atoms with E-state index in [0.29, 0.717) is 36.5 Å². The van der Waals surface area contributed by atoms with Gasteiger partial charge in [0.05, 0.1) is 11.3 Å². The predicted molar refractivity (Wildman–Crippen MR) is 106 cm³/mol. The molecule has 1 saturated heterocycles. The van der Waals surface area contributed by atoms with Gasteiger partial charge in [-0.3, -0.25) is 14.4 Å². The molecule has 12 heteroatoms. The Kier molecular flexibility index (Phi) is 6.88. The number of anilines is 1. The van der Waals surface area contributed by atoms with E-state index in [9.17, 15) is 27.6 Å². The van der Waals surface area contributed by atoms with E-state index in [1.54, 1.807) is 11.8 Å². The minimum atomic E-state index is -4.55. The van der Waals surface area contributed by atoms with Crippen molar-refractivity contribution in [1.82, 2.24) is 19.8 Å². The lowest BCUT2D eigenvalue weighted by Gasteiger charge is -2.31. The molecule has 3 amide bonds. The number of hydrogen-bond acceptors (Lipinski definition) is 6. The Balaban J connectivity index is 1.44. The van der Waals surface area contributed by atoms with Gasteiger partial charge in [-0.1, -0.05) is 10.6 Å². The normalized spacial score (nSPS) is 14.9. The molecular formula is C19H20F3N5O3S. The molecule has 2 heterocycles. The van der Waals surface area contributed by atoms with Gasteiger partial charge < -0.3 is 15.5 Å². The molecule has 0 spiro atoms. The Bertz CT molecular complexity index is 971. The molecule has 1 fully saturated rings. The number of halogens is 3. The van der Waals surface area contributed by atoms with Crippen LogP contribution in [0.4, 0.5) is 18.9 Å². The van der Waals surface area contributed by atoms with Crippen molar-refractivity contribution < 1.29 is 27.6 Å². The number of alkyl halides is 3. The van der Waals surface area contributed by atoms with E-state index in [0.717, 1.165) is 29.7 Å². The molecule has 1 aromatic carbocycles. The van der Waals surface area contributed by atoms with Gasteiger partial charge in [0.25, 0.3) is 5.91 Å². The van der Waals surface area contributed by atoms with Gasteiger partial charge >= 0.3 is 18.0 Å². The van der Waals surface area contributed by atoms with Crippen LogP contribution < -0.4 is 10.6 Å². The summed E-state index contributed by atoms with van der Waals surface area (Å²) in [4.78, 5) is 38.7. The van der Waals surface area contributed by atoms with Gasteiger partial charge in [0.1, 0.15) is 4.88 Å². The highest BCUT2D eigenvalue weighted by atomic mass is 32.1. The number of rotatable bonds is 4. The molecule has 0 unspecified atom stereocenters. The second-order valence-electron chi connectivity index (χ2n) is 7.17. The monoisotopic (exact) mass is 455 g/mol.